The highest BCUT2D eigenvalue weighted by Gasteiger charge is 2.15. The van der Waals surface area contributed by atoms with E-state index in [9.17, 15) is 0 Å². The van der Waals surface area contributed by atoms with E-state index in [1.165, 1.54) is 38.5 Å². The molecule has 0 aliphatic rings. The number of nitrogens with one attached hydrogen (secondary N) is 1. The molecule has 0 aliphatic carbocycles. The van der Waals surface area contributed by atoms with Gasteiger partial charge in [-0.2, -0.15) is 0 Å². The van der Waals surface area contributed by atoms with Crippen molar-refractivity contribution in [1.82, 2.24) is 5.32 Å². The molecule has 0 amide bonds. The first-order valence-electron chi connectivity index (χ1n) is 7.36. The molecule has 0 fully saturated rings. The van der Waals surface area contributed by atoms with Crippen molar-refractivity contribution >= 4 is 0 Å². The predicted molar refractivity (Wildman–Crippen MR) is 76.5 cm³/mol. The first-order valence-corrected chi connectivity index (χ1v) is 7.36. The third kappa shape index (κ3) is 9.61. The Balaban J connectivity index is 3.63. The van der Waals surface area contributed by atoms with Gasteiger partial charge in [0.25, 0.3) is 0 Å². The third-order valence-electron chi connectivity index (χ3n) is 3.39. The number of rotatable bonds is 11. The lowest BCUT2D eigenvalue weighted by atomic mass is 10.0. The van der Waals surface area contributed by atoms with E-state index in [0.29, 0.717) is 18.0 Å². The summed E-state index contributed by atoms with van der Waals surface area (Å²) in [6.45, 7) is 9.89. The Morgan fingerprint density at radius 1 is 1.00 bits per heavy atom. The maximum atomic E-state index is 5.26. The predicted octanol–water partition coefficient (Wildman–Crippen LogP) is 4.00. The summed E-state index contributed by atoms with van der Waals surface area (Å²) in [7, 11) is 1.78. The van der Waals surface area contributed by atoms with Crippen LogP contribution in [0.5, 0.6) is 0 Å². The summed E-state index contributed by atoms with van der Waals surface area (Å²) in [4.78, 5) is 0. The molecule has 0 aromatic rings. The van der Waals surface area contributed by atoms with E-state index in [-0.39, 0.29) is 0 Å². The zero-order chi connectivity index (χ0) is 13.1. The summed E-state index contributed by atoms with van der Waals surface area (Å²) in [5, 5.41) is 3.68. The Labute approximate surface area is 109 Å². The number of hydrogen-bond acceptors (Lipinski definition) is 2. The summed E-state index contributed by atoms with van der Waals surface area (Å²) in [5.74, 6) is 0.637. The van der Waals surface area contributed by atoms with Crippen molar-refractivity contribution in [2.75, 3.05) is 13.7 Å². The summed E-state index contributed by atoms with van der Waals surface area (Å²) < 4.78 is 5.26. The van der Waals surface area contributed by atoms with Gasteiger partial charge in [-0.05, 0) is 19.3 Å². The normalized spacial score (nSPS) is 15.2. The molecule has 2 atom stereocenters. The number of unbranched alkanes of at least 4 members (excludes halogenated alkanes) is 4. The lowest BCUT2D eigenvalue weighted by Gasteiger charge is -2.26. The summed E-state index contributed by atoms with van der Waals surface area (Å²) in [5.41, 5.74) is 0. The van der Waals surface area contributed by atoms with E-state index in [0.717, 1.165) is 6.61 Å². The molecule has 0 bridgehead atoms. The van der Waals surface area contributed by atoms with E-state index in [2.05, 4.69) is 33.0 Å². The van der Waals surface area contributed by atoms with Gasteiger partial charge in [0.15, 0.2) is 0 Å². The van der Waals surface area contributed by atoms with E-state index < -0.39 is 0 Å². The lowest BCUT2D eigenvalue weighted by Crippen LogP contribution is -2.42. The fraction of sp³-hybridized carbons (Fsp3) is 1.00. The number of hydrogen-bond donors (Lipinski definition) is 1. The van der Waals surface area contributed by atoms with Crippen LogP contribution < -0.4 is 5.32 Å². The lowest BCUT2D eigenvalue weighted by molar-refractivity contribution is 0.140. The average molecular weight is 243 g/mol. The summed E-state index contributed by atoms with van der Waals surface area (Å²) in [6.07, 6.45) is 8.14. The standard InChI is InChI=1S/C15H33NO/c1-6-7-8-9-10-11-14(4)16-15(12-17-5)13(2)3/h13-16H,6-12H2,1-5H3. The molecule has 0 aromatic carbocycles. The van der Waals surface area contributed by atoms with Crippen LogP contribution in [0.3, 0.4) is 0 Å². The number of methoxy groups -OCH3 is 1. The Morgan fingerprint density at radius 2 is 1.65 bits per heavy atom. The van der Waals surface area contributed by atoms with Crippen molar-refractivity contribution in [1.29, 1.82) is 0 Å². The Hall–Kier alpha value is -0.0800. The van der Waals surface area contributed by atoms with Crippen LogP contribution in [0.25, 0.3) is 0 Å². The maximum Gasteiger partial charge on any atom is 0.0618 e. The molecule has 0 rings (SSSR count). The van der Waals surface area contributed by atoms with Crippen molar-refractivity contribution in [3.05, 3.63) is 0 Å². The molecule has 2 nitrogen and oxygen atoms in total. The second-order valence-electron chi connectivity index (χ2n) is 5.58. The Kier molecular flexibility index (Phi) is 11.0. The maximum absolute atomic E-state index is 5.26. The minimum atomic E-state index is 0.491. The average Bonchev–Trinajstić information content (AvgIpc) is 2.28. The monoisotopic (exact) mass is 243 g/mol. The smallest absolute Gasteiger partial charge is 0.0618 e. The molecule has 0 saturated heterocycles. The molecule has 0 heterocycles. The van der Waals surface area contributed by atoms with Gasteiger partial charge in [0.05, 0.1) is 6.61 Å². The third-order valence-corrected chi connectivity index (χ3v) is 3.39. The van der Waals surface area contributed by atoms with E-state index in [4.69, 9.17) is 4.74 Å². The molecular weight excluding hydrogens is 210 g/mol. The molecule has 0 saturated carbocycles. The van der Waals surface area contributed by atoms with Crippen molar-refractivity contribution in [2.24, 2.45) is 5.92 Å². The molecule has 2 heteroatoms. The van der Waals surface area contributed by atoms with E-state index in [1.807, 2.05) is 0 Å². The van der Waals surface area contributed by atoms with Crippen molar-refractivity contribution in [3.8, 4) is 0 Å². The van der Waals surface area contributed by atoms with Gasteiger partial charge in [-0.25, -0.2) is 0 Å². The highest BCUT2D eigenvalue weighted by molar-refractivity contribution is 4.74. The molecule has 0 radical (unpaired) electrons. The molecular formula is C15H33NO. The van der Waals surface area contributed by atoms with Gasteiger partial charge in [0.2, 0.25) is 0 Å². The van der Waals surface area contributed by atoms with Gasteiger partial charge >= 0.3 is 0 Å². The molecule has 0 aromatic heterocycles. The minimum Gasteiger partial charge on any atom is -0.383 e. The van der Waals surface area contributed by atoms with Gasteiger partial charge < -0.3 is 10.1 Å². The molecule has 2 unspecified atom stereocenters. The highest BCUT2D eigenvalue weighted by Crippen LogP contribution is 2.09. The fourth-order valence-electron chi connectivity index (χ4n) is 2.12. The molecule has 17 heavy (non-hydrogen) atoms. The summed E-state index contributed by atoms with van der Waals surface area (Å²) >= 11 is 0. The van der Waals surface area contributed by atoms with Crippen LogP contribution in [0.4, 0.5) is 0 Å². The van der Waals surface area contributed by atoms with E-state index in [1.54, 1.807) is 7.11 Å². The first kappa shape index (κ1) is 16.9. The van der Waals surface area contributed by atoms with Gasteiger partial charge in [-0.1, -0.05) is 52.9 Å². The van der Waals surface area contributed by atoms with Crippen molar-refractivity contribution in [3.63, 3.8) is 0 Å². The Morgan fingerprint density at radius 3 is 2.18 bits per heavy atom. The molecule has 104 valence electrons. The van der Waals surface area contributed by atoms with Crippen molar-refractivity contribution < 1.29 is 4.74 Å². The number of ether oxygens (including phenoxy) is 1. The quantitative estimate of drug-likeness (QED) is 0.554. The van der Waals surface area contributed by atoms with Crippen LogP contribution in [-0.2, 0) is 4.74 Å². The summed E-state index contributed by atoms with van der Waals surface area (Å²) in [6, 6.07) is 1.10. The second-order valence-corrected chi connectivity index (χ2v) is 5.58. The van der Waals surface area contributed by atoms with Crippen LogP contribution in [0.15, 0.2) is 0 Å². The highest BCUT2D eigenvalue weighted by atomic mass is 16.5. The van der Waals surface area contributed by atoms with Crippen molar-refractivity contribution in [2.45, 2.75) is 78.3 Å². The minimum absolute atomic E-state index is 0.491. The van der Waals surface area contributed by atoms with Crippen LogP contribution in [-0.4, -0.2) is 25.8 Å². The van der Waals surface area contributed by atoms with Gasteiger partial charge in [-0.3, -0.25) is 0 Å². The van der Waals surface area contributed by atoms with Crippen LogP contribution >= 0.6 is 0 Å². The second kappa shape index (κ2) is 11.0. The first-order chi connectivity index (χ1) is 8.11. The topological polar surface area (TPSA) is 21.3 Å². The molecule has 0 aliphatic heterocycles. The zero-order valence-electron chi connectivity index (χ0n) is 12.6. The van der Waals surface area contributed by atoms with E-state index >= 15 is 0 Å². The largest absolute Gasteiger partial charge is 0.383 e. The SMILES string of the molecule is CCCCCCCC(C)NC(COC)C(C)C. The molecule has 0 spiro atoms. The van der Waals surface area contributed by atoms with Crippen LogP contribution in [0.1, 0.15) is 66.2 Å². The van der Waals surface area contributed by atoms with Gasteiger partial charge in [-0.15, -0.1) is 0 Å². The molecule has 1 N–H and O–H groups in total. The Bertz CT molecular complexity index is 159. The van der Waals surface area contributed by atoms with Crippen LogP contribution in [0, 0.1) is 5.92 Å². The van der Waals surface area contributed by atoms with Gasteiger partial charge in [0, 0.05) is 19.2 Å². The van der Waals surface area contributed by atoms with Crippen LogP contribution in [0.2, 0.25) is 0 Å². The fourth-order valence-corrected chi connectivity index (χ4v) is 2.12. The zero-order valence-corrected chi connectivity index (χ0v) is 12.6. The van der Waals surface area contributed by atoms with Gasteiger partial charge in [0.1, 0.15) is 0 Å².